The first-order valence-electron chi connectivity index (χ1n) is 9.25. The monoisotopic (exact) mass is 372 g/mol. The van der Waals surface area contributed by atoms with Crippen molar-refractivity contribution in [3.05, 3.63) is 41.7 Å². The maximum atomic E-state index is 5.85. The maximum absolute atomic E-state index is 5.85. The van der Waals surface area contributed by atoms with Gasteiger partial charge in [0.2, 0.25) is 5.95 Å². The zero-order valence-electron chi connectivity index (χ0n) is 16.3. The van der Waals surface area contributed by atoms with Crippen molar-refractivity contribution < 1.29 is 14.2 Å². The average Bonchev–Trinajstić information content (AvgIpc) is 3.22. The van der Waals surface area contributed by atoms with Crippen LogP contribution in [0.1, 0.15) is 24.0 Å². The summed E-state index contributed by atoms with van der Waals surface area (Å²) in [6.45, 7) is 3.22. The van der Waals surface area contributed by atoms with E-state index in [1.807, 2.05) is 31.6 Å². The summed E-state index contributed by atoms with van der Waals surface area (Å²) in [5, 5.41) is 2.95. The molecule has 1 aromatic carbocycles. The third-order valence-electron chi connectivity index (χ3n) is 4.71. The van der Waals surface area contributed by atoms with Crippen LogP contribution >= 0.6 is 0 Å². The van der Waals surface area contributed by atoms with Crippen molar-refractivity contribution in [1.29, 1.82) is 0 Å². The van der Waals surface area contributed by atoms with Crippen molar-refractivity contribution in [3.8, 4) is 11.5 Å². The highest BCUT2D eigenvalue weighted by Crippen LogP contribution is 2.27. The molecule has 1 fully saturated rings. The molecule has 146 valence electrons. The van der Waals surface area contributed by atoms with Crippen LogP contribution < -0.4 is 14.8 Å². The SMILES string of the molecule is CNc1ncc(CN(Cc2ccc(OC)cc2OC)C[C@H]2CCCO2)cn1. The molecule has 7 heteroatoms. The summed E-state index contributed by atoms with van der Waals surface area (Å²) in [4.78, 5) is 11.0. The Balaban J connectivity index is 1.76. The molecule has 1 atom stereocenters. The fourth-order valence-corrected chi connectivity index (χ4v) is 3.31. The van der Waals surface area contributed by atoms with Crippen LogP contribution in [-0.4, -0.2) is 55.4 Å². The Kier molecular flexibility index (Phi) is 6.84. The van der Waals surface area contributed by atoms with E-state index in [1.165, 1.54) is 0 Å². The molecule has 0 saturated carbocycles. The van der Waals surface area contributed by atoms with Gasteiger partial charge in [-0.1, -0.05) is 6.07 Å². The zero-order valence-corrected chi connectivity index (χ0v) is 16.3. The predicted molar refractivity (Wildman–Crippen MR) is 104 cm³/mol. The predicted octanol–water partition coefficient (Wildman–Crippen LogP) is 2.72. The molecule has 0 radical (unpaired) electrons. The van der Waals surface area contributed by atoms with Gasteiger partial charge in [-0.2, -0.15) is 0 Å². The highest BCUT2D eigenvalue weighted by molar-refractivity contribution is 5.40. The molecule has 1 aliphatic rings. The number of hydrogen-bond donors (Lipinski definition) is 1. The van der Waals surface area contributed by atoms with Gasteiger partial charge < -0.3 is 19.5 Å². The number of aromatic nitrogens is 2. The van der Waals surface area contributed by atoms with E-state index >= 15 is 0 Å². The van der Waals surface area contributed by atoms with E-state index in [-0.39, 0.29) is 6.10 Å². The van der Waals surface area contributed by atoms with Crippen molar-refractivity contribution in [3.63, 3.8) is 0 Å². The molecule has 1 aromatic heterocycles. The first-order chi connectivity index (χ1) is 13.2. The van der Waals surface area contributed by atoms with E-state index in [1.54, 1.807) is 14.2 Å². The fraction of sp³-hybridized carbons (Fsp3) is 0.500. The third kappa shape index (κ3) is 5.30. The van der Waals surface area contributed by atoms with Crippen LogP contribution in [0.2, 0.25) is 0 Å². The van der Waals surface area contributed by atoms with E-state index in [0.29, 0.717) is 5.95 Å². The van der Waals surface area contributed by atoms with Crippen LogP contribution in [0.25, 0.3) is 0 Å². The molecule has 2 heterocycles. The lowest BCUT2D eigenvalue weighted by atomic mass is 10.1. The van der Waals surface area contributed by atoms with E-state index in [2.05, 4.69) is 26.3 Å². The van der Waals surface area contributed by atoms with Crippen molar-refractivity contribution in [2.24, 2.45) is 0 Å². The van der Waals surface area contributed by atoms with Crippen molar-refractivity contribution in [2.75, 3.05) is 39.7 Å². The Morgan fingerprint density at radius 3 is 2.63 bits per heavy atom. The van der Waals surface area contributed by atoms with E-state index < -0.39 is 0 Å². The minimum Gasteiger partial charge on any atom is -0.497 e. The number of hydrogen-bond acceptors (Lipinski definition) is 7. The van der Waals surface area contributed by atoms with Gasteiger partial charge in [-0.15, -0.1) is 0 Å². The van der Waals surface area contributed by atoms with Crippen molar-refractivity contribution >= 4 is 5.95 Å². The van der Waals surface area contributed by atoms with Crippen molar-refractivity contribution in [2.45, 2.75) is 32.0 Å². The number of nitrogens with one attached hydrogen (secondary N) is 1. The van der Waals surface area contributed by atoms with Crippen LogP contribution in [-0.2, 0) is 17.8 Å². The lowest BCUT2D eigenvalue weighted by Gasteiger charge is -2.26. The zero-order chi connectivity index (χ0) is 19.1. The highest BCUT2D eigenvalue weighted by Gasteiger charge is 2.21. The highest BCUT2D eigenvalue weighted by atomic mass is 16.5. The lowest BCUT2D eigenvalue weighted by molar-refractivity contribution is 0.0675. The third-order valence-corrected chi connectivity index (χ3v) is 4.71. The lowest BCUT2D eigenvalue weighted by Crippen LogP contribution is -2.31. The van der Waals surface area contributed by atoms with Gasteiger partial charge in [0.15, 0.2) is 0 Å². The second-order valence-electron chi connectivity index (χ2n) is 6.65. The second-order valence-corrected chi connectivity index (χ2v) is 6.65. The number of ether oxygens (including phenoxy) is 3. The van der Waals surface area contributed by atoms with Gasteiger partial charge in [0.05, 0.1) is 20.3 Å². The number of rotatable bonds is 9. The number of anilines is 1. The van der Waals surface area contributed by atoms with Gasteiger partial charge >= 0.3 is 0 Å². The second kappa shape index (κ2) is 9.53. The standard InChI is InChI=1S/C20H28N4O3/c1-21-20-22-10-15(11-23-20)12-24(14-18-5-4-8-27-18)13-16-6-7-17(25-2)9-19(16)26-3/h6-7,9-11,18H,4-5,8,12-14H2,1-3H3,(H,21,22,23)/t18-/m1/s1. The van der Waals surface area contributed by atoms with Gasteiger partial charge in [0.25, 0.3) is 0 Å². The minimum atomic E-state index is 0.270. The number of benzene rings is 1. The molecule has 1 N–H and O–H groups in total. The smallest absolute Gasteiger partial charge is 0.222 e. The van der Waals surface area contributed by atoms with E-state index in [4.69, 9.17) is 14.2 Å². The van der Waals surface area contributed by atoms with Crippen LogP contribution in [0.3, 0.4) is 0 Å². The summed E-state index contributed by atoms with van der Waals surface area (Å²) in [5.74, 6) is 2.24. The maximum Gasteiger partial charge on any atom is 0.222 e. The van der Waals surface area contributed by atoms with Crippen LogP contribution in [0.15, 0.2) is 30.6 Å². The van der Waals surface area contributed by atoms with Crippen LogP contribution in [0.5, 0.6) is 11.5 Å². The largest absolute Gasteiger partial charge is 0.497 e. The molecule has 0 unspecified atom stereocenters. The molecule has 3 rings (SSSR count). The summed E-state index contributed by atoms with van der Waals surface area (Å²) in [5.41, 5.74) is 2.18. The summed E-state index contributed by atoms with van der Waals surface area (Å²) in [6.07, 6.45) is 6.24. The molecule has 0 spiro atoms. The molecule has 1 saturated heterocycles. The molecule has 0 amide bonds. The van der Waals surface area contributed by atoms with Crippen molar-refractivity contribution in [1.82, 2.24) is 14.9 Å². The molecule has 1 aliphatic heterocycles. The van der Waals surface area contributed by atoms with Gasteiger partial charge in [0, 0.05) is 62.9 Å². The Morgan fingerprint density at radius 2 is 2.00 bits per heavy atom. The van der Waals surface area contributed by atoms with Gasteiger partial charge in [-0.3, -0.25) is 4.90 Å². The minimum absolute atomic E-state index is 0.270. The average molecular weight is 372 g/mol. The van der Waals surface area contributed by atoms with E-state index in [9.17, 15) is 0 Å². The molecular formula is C20H28N4O3. The molecule has 0 aliphatic carbocycles. The fourth-order valence-electron chi connectivity index (χ4n) is 3.31. The summed E-state index contributed by atoms with van der Waals surface area (Å²) < 4.78 is 16.7. The first-order valence-corrected chi connectivity index (χ1v) is 9.25. The van der Waals surface area contributed by atoms with Crippen LogP contribution in [0, 0.1) is 0 Å². The summed E-state index contributed by atoms with van der Waals surface area (Å²) >= 11 is 0. The number of methoxy groups -OCH3 is 2. The first kappa shape index (κ1) is 19.4. The van der Waals surface area contributed by atoms with Crippen LogP contribution in [0.4, 0.5) is 5.95 Å². The Hall–Kier alpha value is -2.38. The Bertz CT molecular complexity index is 718. The number of nitrogens with zero attached hydrogens (tertiary/aromatic N) is 3. The Labute approximate surface area is 160 Å². The van der Waals surface area contributed by atoms with Gasteiger partial charge in [-0.25, -0.2) is 9.97 Å². The van der Waals surface area contributed by atoms with Gasteiger partial charge in [0.1, 0.15) is 11.5 Å². The van der Waals surface area contributed by atoms with Gasteiger partial charge in [-0.05, 0) is 18.9 Å². The molecular weight excluding hydrogens is 344 g/mol. The normalized spacial score (nSPS) is 16.5. The topological polar surface area (TPSA) is 68.7 Å². The molecule has 27 heavy (non-hydrogen) atoms. The summed E-state index contributed by atoms with van der Waals surface area (Å²) in [6, 6.07) is 5.94. The summed E-state index contributed by atoms with van der Waals surface area (Å²) in [7, 11) is 5.16. The molecule has 2 aromatic rings. The Morgan fingerprint density at radius 1 is 1.19 bits per heavy atom. The quantitative estimate of drug-likeness (QED) is 0.726. The molecule has 7 nitrogen and oxygen atoms in total. The van der Waals surface area contributed by atoms with E-state index in [0.717, 1.165) is 61.7 Å². The molecule has 0 bridgehead atoms.